The molecule has 1 aromatic heterocycles. The average Bonchev–Trinajstić information content (AvgIpc) is 3.38. The van der Waals surface area contributed by atoms with Crippen molar-refractivity contribution in [1.29, 1.82) is 0 Å². The first kappa shape index (κ1) is 23.2. The first-order valence-corrected chi connectivity index (χ1v) is 12.9. The number of aromatic nitrogens is 2. The van der Waals surface area contributed by atoms with Crippen molar-refractivity contribution in [2.75, 3.05) is 26.2 Å². The third-order valence-electron chi connectivity index (χ3n) is 8.16. The number of H-pyrrole nitrogens is 1. The van der Waals surface area contributed by atoms with E-state index in [2.05, 4.69) is 9.88 Å². The number of nitrogens with one attached hydrogen (secondary N) is 1. The van der Waals surface area contributed by atoms with Gasteiger partial charge in [-0.15, -0.1) is 0 Å². The Hall–Kier alpha value is -2.52. The van der Waals surface area contributed by atoms with Crippen LogP contribution in [0.1, 0.15) is 74.2 Å². The molecule has 182 valence electrons. The fraction of sp³-hybridized carbons (Fsp3) is 0.600. The highest BCUT2D eigenvalue weighted by Crippen LogP contribution is 2.32. The summed E-state index contributed by atoms with van der Waals surface area (Å²) in [5.74, 6) is -0.378. The van der Waals surface area contributed by atoms with Crippen LogP contribution in [0.3, 0.4) is 0 Å². The molecule has 0 radical (unpaired) electrons. The van der Waals surface area contributed by atoms with Crippen molar-refractivity contribution in [2.45, 2.75) is 69.4 Å². The molecule has 3 heterocycles. The van der Waals surface area contributed by atoms with Crippen molar-refractivity contribution in [3.8, 4) is 0 Å². The van der Waals surface area contributed by atoms with Gasteiger partial charge in [-0.1, -0.05) is 19.3 Å². The van der Waals surface area contributed by atoms with Crippen LogP contribution in [-0.4, -0.2) is 62.9 Å². The van der Waals surface area contributed by atoms with Gasteiger partial charge in [0.1, 0.15) is 5.54 Å². The maximum absolute atomic E-state index is 13.3. The van der Waals surface area contributed by atoms with Crippen LogP contribution in [0, 0.1) is 4.77 Å². The molecule has 5 rings (SSSR count). The molecule has 3 fully saturated rings. The number of likely N-dealkylation sites (tertiary alicyclic amines) is 2. The van der Waals surface area contributed by atoms with E-state index >= 15 is 0 Å². The number of hydrogen-bond donors (Lipinski definition) is 2. The van der Waals surface area contributed by atoms with E-state index < -0.39 is 5.54 Å². The lowest BCUT2D eigenvalue weighted by Gasteiger charge is -2.48. The van der Waals surface area contributed by atoms with Gasteiger partial charge in [0, 0.05) is 24.7 Å². The molecule has 9 heteroatoms. The zero-order valence-corrected chi connectivity index (χ0v) is 20.4. The normalized spacial score (nSPS) is 21.7. The number of benzene rings is 1. The van der Waals surface area contributed by atoms with E-state index in [-0.39, 0.29) is 23.4 Å². The second kappa shape index (κ2) is 9.26. The van der Waals surface area contributed by atoms with E-state index in [1.807, 2.05) is 0 Å². The highest BCUT2D eigenvalue weighted by molar-refractivity contribution is 7.71. The fourth-order valence-electron chi connectivity index (χ4n) is 6.16. The Morgan fingerprint density at radius 2 is 1.68 bits per heavy atom. The third kappa shape index (κ3) is 3.98. The van der Waals surface area contributed by atoms with E-state index in [1.165, 1.54) is 6.42 Å². The molecule has 0 unspecified atom stereocenters. The lowest BCUT2D eigenvalue weighted by atomic mass is 9.83. The molecular weight excluding hydrogens is 450 g/mol. The predicted octanol–water partition coefficient (Wildman–Crippen LogP) is 3.12. The van der Waals surface area contributed by atoms with Gasteiger partial charge < -0.3 is 15.6 Å². The molecule has 0 spiro atoms. The second-order valence-electron chi connectivity index (χ2n) is 10.0. The number of nitrogens with zero attached hydrogens (tertiary/aromatic N) is 3. The van der Waals surface area contributed by atoms with E-state index in [1.54, 1.807) is 27.7 Å². The van der Waals surface area contributed by atoms with E-state index in [4.69, 9.17) is 18.0 Å². The lowest BCUT2D eigenvalue weighted by Crippen LogP contribution is -2.63. The van der Waals surface area contributed by atoms with Gasteiger partial charge in [0.2, 0.25) is 5.91 Å². The molecule has 3 N–H and O–H groups in total. The number of aromatic amines is 1. The van der Waals surface area contributed by atoms with Crippen LogP contribution in [0.15, 0.2) is 23.0 Å². The van der Waals surface area contributed by atoms with Crippen molar-refractivity contribution >= 4 is 34.9 Å². The SMILES string of the molecule is NC(=O)C1(N2CCCCC2)CCN(C(=O)c2ccc3c(=O)n(C4CCCC4)c(=S)[nH]c3c2)CC1. The molecule has 2 amide bonds. The highest BCUT2D eigenvalue weighted by atomic mass is 32.1. The maximum atomic E-state index is 13.3. The number of hydrogen-bond acceptors (Lipinski definition) is 5. The quantitative estimate of drug-likeness (QED) is 0.650. The van der Waals surface area contributed by atoms with Crippen molar-refractivity contribution in [3.05, 3.63) is 38.9 Å². The van der Waals surface area contributed by atoms with Crippen LogP contribution in [0.2, 0.25) is 0 Å². The Morgan fingerprint density at radius 1 is 1.00 bits per heavy atom. The lowest BCUT2D eigenvalue weighted by molar-refractivity contribution is -0.134. The molecular formula is C25H33N5O3S. The zero-order valence-electron chi connectivity index (χ0n) is 19.6. The molecule has 0 bridgehead atoms. The summed E-state index contributed by atoms with van der Waals surface area (Å²) in [6.07, 6.45) is 8.62. The van der Waals surface area contributed by atoms with E-state index in [0.29, 0.717) is 47.2 Å². The van der Waals surface area contributed by atoms with Crippen molar-refractivity contribution in [2.24, 2.45) is 5.73 Å². The Balaban J connectivity index is 1.36. The smallest absolute Gasteiger partial charge is 0.262 e. The minimum atomic E-state index is -0.656. The number of primary amides is 1. The number of nitrogens with two attached hydrogens (primary N) is 1. The van der Waals surface area contributed by atoms with Gasteiger partial charge in [-0.2, -0.15) is 0 Å². The Kier molecular flexibility index (Phi) is 6.33. The van der Waals surface area contributed by atoms with Gasteiger partial charge in [0.05, 0.1) is 10.9 Å². The first-order chi connectivity index (χ1) is 16.4. The number of fused-ring (bicyclic) bond motifs is 1. The number of piperidine rings is 2. The highest BCUT2D eigenvalue weighted by Gasteiger charge is 2.45. The molecule has 1 aliphatic carbocycles. The molecule has 0 atom stereocenters. The van der Waals surface area contributed by atoms with Gasteiger partial charge in [0.25, 0.3) is 11.5 Å². The first-order valence-electron chi connectivity index (χ1n) is 12.5. The summed E-state index contributed by atoms with van der Waals surface area (Å²) >= 11 is 5.51. The monoisotopic (exact) mass is 483 g/mol. The number of rotatable bonds is 4. The predicted molar refractivity (Wildman–Crippen MR) is 133 cm³/mol. The molecule has 2 saturated heterocycles. The van der Waals surface area contributed by atoms with Crippen LogP contribution in [0.4, 0.5) is 0 Å². The van der Waals surface area contributed by atoms with E-state index in [0.717, 1.165) is 51.6 Å². The topological polar surface area (TPSA) is 104 Å². The standard InChI is InChI=1S/C25H33N5O3S/c26-23(33)25(29-12-4-1-5-13-29)10-14-28(15-11-25)21(31)17-8-9-19-20(16-17)27-24(34)30(22(19)32)18-6-2-3-7-18/h8-9,16,18H,1-7,10-15H2,(H2,26,33)(H,27,34). The summed E-state index contributed by atoms with van der Waals surface area (Å²) < 4.78 is 2.13. The van der Waals surface area contributed by atoms with Crippen LogP contribution in [0.5, 0.6) is 0 Å². The molecule has 34 heavy (non-hydrogen) atoms. The van der Waals surface area contributed by atoms with Gasteiger partial charge >= 0.3 is 0 Å². The Labute approximate surface area is 204 Å². The third-order valence-corrected chi connectivity index (χ3v) is 8.46. The van der Waals surface area contributed by atoms with Crippen LogP contribution >= 0.6 is 12.2 Å². The Bertz CT molecular complexity index is 1220. The summed E-state index contributed by atoms with van der Waals surface area (Å²) in [5.41, 5.74) is 6.24. The summed E-state index contributed by atoms with van der Waals surface area (Å²) in [6.45, 7) is 2.74. The van der Waals surface area contributed by atoms with Crippen LogP contribution in [-0.2, 0) is 4.79 Å². The van der Waals surface area contributed by atoms with Gasteiger partial charge in [-0.3, -0.25) is 23.9 Å². The number of amides is 2. The van der Waals surface area contributed by atoms with Gasteiger partial charge in [0.15, 0.2) is 4.77 Å². The molecule has 3 aliphatic rings. The molecule has 8 nitrogen and oxygen atoms in total. The molecule has 1 saturated carbocycles. The van der Waals surface area contributed by atoms with Gasteiger partial charge in [-0.25, -0.2) is 0 Å². The minimum Gasteiger partial charge on any atom is -0.368 e. The fourth-order valence-corrected chi connectivity index (χ4v) is 6.50. The van der Waals surface area contributed by atoms with Crippen LogP contribution < -0.4 is 11.3 Å². The summed E-state index contributed by atoms with van der Waals surface area (Å²) in [6, 6.07) is 5.34. The Morgan fingerprint density at radius 3 is 2.32 bits per heavy atom. The number of carbonyl (C=O) groups is 2. The zero-order chi connectivity index (χ0) is 23.9. The molecule has 2 aromatic rings. The summed E-state index contributed by atoms with van der Waals surface area (Å²) in [5, 5.41) is 0.550. The summed E-state index contributed by atoms with van der Waals surface area (Å²) in [7, 11) is 0. The molecule has 1 aromatic carbocycles. The maximum Gasteiger partial charge on any atom is 0.262 e. The number of carbonyl (C=O) groups excluding carboxylic acids is 2. The van der Waals surface area contributed by atoms with Crippen LogP contribution in [0.25, 0.3) is 10.9 Å². The van der Waals surface area contributed by atoms with Crippen molar-refractivity contribution in [3.63, 3.8) is 0 Å². The average molecular weight is 484 g/mol. The van der Waals surface area contributed by atoms with Crippen molar-refractivity contribution < 1.29 is 9.59 Å². The second-order valence-corrected chi connectivity index (χ2v) is 10.4. The molecule has 2 aliphatic heterocycles. The largest absolute Gasteiger partial charge is 0.368 e. The van der Waals surface area contributed by atoms with Gasteiger partial charge in [-0.05, 0) is 82.0 Å². The van der Waals surface area contributed by atoms with Crippen molar-refractivity contribution in [1.82, 2.24) is 19.4 Å². The summed E-state index contributed by atoms with van der Waals surface area (Å²) in [4.78, 5) is 46.2. The minimum absolute atomic E-state index is 0.0876. The van der Waals surface area contributed by atoms with E-state index in [9.17, 15) is 14.4 Å².